The molecule has 0 radical (unpaired) electrons. The van der Waals surface area contributed by atoms with Crippen molar-refractivity contribution >= 4 is 15.9 Å². The predicted octanol–water partition coefficient (Wildman–Crippen LogP) is -0.0164. The molecule has 0 spiro atoms. The van der Waals surface area contributed by atoms with Crippen LogP contribution >= 0.6 is 0 Å². The fourth-order valence-electron chi connectivity index (χ4n) is 2.00. The van der Waals surface area contributed by atoms with Crippen LogP contribution < -0.4 is 21.5 Å². The monoisotopic (exact) mass is 321 g/mol. The summed E-state index contributed by atoms with van der Waals surface area (Å²) >= 11 is 0. The van der Waals surface area contributed by atoms with Crippen molar-refractivity contribution in [2.45, 2.75) is 4.90 Å². The van der Waals surface area contributed by atoms with Crippen molar-refractivity contribution in [2.24, 2.45) is 21.8 Å². The highest BCUT2D eigenvalue weighted by Crippen LogP contribution is 2.28. The molecule has 0 unspecified atom stereocenters. The van der Waals surface area contributed by atoms with Gasteiger partial charge in [0.1, 0.15) is 0 Å². The van der Waals surface area contributed by atoms with Crippen molar-refractivity contribution in [2.75, 3.05) is 7.11 Å². The number of rotatable bonds is 4. The van der Waals surface area contributed by atoms with Gasteiger partial charge in [0.2, 0.25) is 15.9 Å². The SMILES string of the molecule is COc1ccc(-c2cccc(S(N)(=O)=O)c2C(N)=NN)cn1. The third kappa shape index (κ3) is 3.00. The number of hydrazone groups is 1. The van der Waals surface area contributed by atoms with Crippen LogP contribution in [-0.4, -0.2) is 26.3 Å². The largest absolute Gasteiger partial charge is 0.481 e. The highest BCUT2D eigenvalue weighted by molar-refractivity contribution is 7.89. The van der Waals surface area contributed by atoms with Crippen molar-refractivity contribution in [3.05, 3.63) is 42.1 Å². The molecule has 0 atom stereocenters. The van der Waals surface area contributed by atoms with Crippen molar-refractivity contribution in [3.8, 4) is 17.0 Å². The van der Waals surface area contributed by atoms with Gasteiger partial charge in [-0.3, -0.25) is 0 Å². The Morgan fingerprint density at radius 3 is 2.50 bits per heavy atom. The van der Waals surface area contributed by atoms with Gasteiger partial charge in [-0.1, -0.05) is 12.1 Å². The molecule has 2 aromatic rings. The van der Waals surface area contributed by atoms with E-state index >= 15 is 0 Å². The molecule has 0 amide bonds. The zero-order valence-corrected chi connectivity index (χ0v) is 12.5. The maximum absolute atomic E-state index is 11.7. The van der Waals surface area contributed by atoms with Crippen LogP contribution in [0.2, 0.25) is 0 Å². The fraction of sp³-hybridized carbons (Fsp3) is 0.0769. The number of sulfonamides is 1. The minimum absolute atomic E-state index is 0.138. The number of amidine groups is 1. The van der Waals surface area contributed by atoms with E-state index in [1.165, 1.54) is 19.4 Å². The molecule has 0 aliphatic heterocycles. The van der Waals surface area contributed by atoms with E-state index in [-0.39, 0.29) is 16.3 Å². The van der Waals surface area contributed by atoms with Gasteiger partial charge in [-0.2, -0.15) is 5.10 Å². The molecule has 2 rings (SSSR count). The van der Waals surface area contributed by atoms with Crippen LogP contribution in [0.5, 0.6) is 5.88 Å². The Labute approximate surface area is 127 Å². The zero-order chi connectivity index (χ0) is 16.3. The normalized spacial score (nSPS) is 12.2. The van der Waals surface area contributed by atoms with Crippen LogP contribution in [0.3, 0.4) is 0 Å². The number of ether oxygens (including phenoxy) is 1. The molecule has 0 bridgehead atoms. The summed E-state index contributed by atoms with van der Waals surface area (Å²) in [6, 6.07) is 7.90. The number of hydrogen-bond acceptors (Lipinski definition) is 6. The van der Waals surface area contributed by atoms with Gasteiger partial charge in [0.25, 0.3) is 0 Å². The van der Waals surface area contributed by atoms with Crippen molar-refractivity contribution in [1.82, 2.24) is 4.98 Å². The van der Waals surface area contributed by atoms with Crippen molar-refractivity contribution < 1.29 is 13.2 Å². The van der Waals surface area contributed by atoms with Crippen LogP contribution in [0.4, 0.5) is 0 Å². The molecule has 1 aromatic heterocycles. The van der Waals surface area contributed by atoms with Crippen LogP contribution in [0.15, 0.2) is 46.5 Å². The highest BCUT2D eigenvalue weighted by Gasteiger charge is 2.20. The smallest absolute Gasteiger partial charge is 0.238 e. The first-order valence-electron chi connectivity index (χ1n) is 6.08. The van der Waals surface area contributed by atoms with Crippen LogP contribution in [0, 0.1) is 0 Å². The van der Waals surface area contributed by atoms with E-state index in [2.05, 4.69) is 10.1 Å². The van der Waals surface area contributed by atoms with E-state index < -0.39 is 10.0 Å². The molecule has 1 heterocycles. The van der Waals surface area contributed by atoms with Crippen molar-refractivity contribution in [1.29, 1.82) is 0 Å². The topological polar surface area (TPSA) is 147 Å². The zero-order valence-electron chi connectivity index (χ0n) is 11.7. The molecule has 0 aliphatic carbocycles. The summed E-state index contributed by atoms with van der Waals surface area (Å²) in [7, 11) is -2.50. The highest BCUT2D eigenvalue weighted by atomic mass is 32.2. The Bertz CT molecular complexity index is 816. The quantitative estimate of drug-likeness (QED) is 0.312. The summed E-state index contributed by atoms with van der Waals surface area (Å²) in [6.45, 7) is 0. The summed E-state index contributed by atoms with van der Waals surface area (Å²) in [5.74, 6) is 5.48. The molecule has 116 valence electrons. The second kappa shape index (κ2) is 6.00. The Balaban J connectivity index is 2.75. The van der Waals surface area contributed by atoms with E-state index in [0.29, 0.717) is 17.0 Å². The van der Waals surface area contributed by atoms with Gasteiger partial charge in [0, 0.05) is 23.4 Å². The lowest BCUT2D eigenvalue weighted by atomic mass is 10.0. The average molecular weight is 321 g/mol. The Kier molecular flexibility index (Phi) is 4.29. The lowest BCUT2D eigenvalue weighted by Crippen LogP contribution is -2.23. The van der Waals surface area contributed by atoms with E-state index in [4.69, 9.17) is 21.5 Å². The number of benzene rings is 1. The van der Waals surface area contributed by atoms with Crippen LogP contribution in [-0.2, 0) is 10.0 Å². The van der Waals surface area contributed by atoms with Crippen molar-refractivity contribution in [3.63, 3.8) is 0 Å². The molecule has 0 aliphatic rings. The fourth-order valence-corrected chi connectivity index (χ4v) is 2.77. The summed E-state index contributed by atoms with van der Waals surface area (Å²) in [6.07, 6.45) is 1.52. The molecular formula is C13H15N5O3S. The molecule has 1 aromatic carbocycles. The number of hydrogen-bond donors (Lipinski definition) is 3. The summed E-state index contributed by atoms with van der Waals surface area (Å²) in [5.41, 5.74) is 7.00. The number of nitrogens with two attached hydrogens (primary N) is 3. The maximum atomic E-state index is 11.7. The number of primary sulfonamides is 1. The predicted molar refractivity (Wildman–Crippen MR) is 82.5 cm³/mol. The van der Waals surface area contributed by atoms with Gasteiger partial charge < -0.3 is 16.3 Å². The second-order valence-electron chi connectivity index (χ2n) is 4.33. The van der Waals surface area contributed by atoms with E-state index in [1.807, 2.05) is 0 Å². The third-order valence-corrected chi connectivity index (χ3v) is 3.94. The number of nitrogens with zero attached hydrogens (tertiary/aromatic N) is 2. The Morgan fingerprint density at radius 2 is 2.00 bits per heavy atom. The van der Waals surface area contributed by atoms with Crippen LogP contribution in [0.25, 0.3) is 11.1 Å². The summed E-state index contributed by atoms with van der Waals surface area (Å²) < 4.78 is 28.5. The lowest BCUT2D eigenvalue weighted by Gasteiger charge is -2.13. The van der Waals surface area contributed by atoms with E-state index in [1.54, 1.807) is 24.3 Å². The Hall–Kier alpha value is -2.65. The molecule has 22 heavy (non-hydrogen) atoms. The standard InChI is InChI=1S/C13H15N5O3S/c1-21-11-6-5-8(7-17-11)9-3-2-4-10(22(16,19)20)12(9)13(14)18-15/h2-7H,15H2,1H3,(H2,14,18)(H2,16,19,20). The van der Waals surface area contributed by atoms with Gasteiger partial charge in [0.05, 0.1) is 12.0 Å². The average Bonchev–Trinajstić information content (AvgIpc) is 2.52. The minimum atomic E-state index is -3.99. The molecule has 0 saturated heterocycles. The van der Waals surface area contributed by atoms with E-state index in [0.717, 1.165) is 0 Å². The lowest BCUT2D eigenvalue weighted by molar-refractivity contribution is 0.398. The minimum Gasteiger partial charge on any atom is -0.481 e. The number of aromatic nitrogens is 1. The van der Waals surface area contributed by atoms with Crippen LogP contribution in [0.1, 0.15) is 5.56 Å². The second-order valence-corrected chi connectivity index (χ2v) is 5.86. The Morgan fingerprint density at radius 1 is 1.27 bits per heavy atom. The van der Waals surface area contributed by atoms with Gasteiger partial charge in [-0.15, -0.1) is 0 Å². The number of pyridine rings is 1. The summed E-state index contributed by atoms with van der Waals surface area (Å²) in [4.78, 5) is 3.92. The first-order chi connectivity index (χ1) is 10.4. The van der Waals surface area contributed by atoms with E-state index in [9.17, 15) is 8.42 Å². The maximum Gasteiger partial charge on any atom is 0.238 e. The molecule has 8 nitrogen and oxygen atoms in total. The summed E-state index contributed by atoms with van der Waals surface area (Å²) in [5, 5.41) is 8.61. The first-order valence-corrected chi connectivity index (χ1v) is 7.63. The van der Waals surface area contributed by atoms with Gasteiger partial charge in [-0.05, 0) is 17.7 Å². The van der Waals surface area contributed by atoms with Gasteiger partial charge in [-0.25, -0.2) is 18.5 Å². The molecule has 0 saturated carbocycles. The first kappa shape index (κ1) is 15.7. The molecular weight excluding hydrogens is 306 g/mol. The molecule has 6 N–H and O–H groups in total. The molecule has 0 fully saturated rings. The third-order valence-electron chi connectivity index (χ3n) is 2.98. The van der Waals surface area contributed by atoms with Gasteiger partial charge >= 0.3 is 0 Å². The van der Waals surface area contributed by atoms with Gasteiger partial charge in [0.15, 0.2) is 5.84 Å². The molecule has 9 heteroatoms. The number of methoxy groups -OCH3 is 1.